The Morgan fingerprint density at radius 2 is 2.31 bits per heavy atom. The molecule has 2 N–H and O–H groups in total. The highest BCUT2D eigenvalue weighted by atomic mass is 16.3. The predicted octanol–water partition coefficient (Wildman–Crippen LogP) is -0.0273. The van der Waals surface area contributed by atoms with E-state index in [1.54, 1.807) is 13.2 Å². The van der Waals surface area contributed by atoms with Crippen LogP contribution < -0.4 is 5.32 Å². The van der Waals surface area contributed by atoms with Crippen molar-refractivity contribution in [2.24, 2.45) is 0 Å². The molecule has 16 heavy (non-hydrogen) atoms. The fraction of sp³-hybridized carbons (Fsp3) is 0.500. The Labute approximate surface area is 94.3 Å². The average molecular weight is 224 g/mol. The van der Waals surface area contributed by atoms with Crippen LogP contribution in [-0.2, 0) is 0 Å². The quantitative estimate of drug-likeness (QED) is 0.734. The normalized spacial score (nSPS) is 9.94. The molecule has 0 saturated heterocycles. The Morgan fingerprint density at radius 3 is 2.88 bits per heavy atom. The van der Waals surface area contributed by atoms with Crippen molar-refractivity contribution in [2.75, 3.05) is 32.1 Å². The minimum absolute atomic E-state index is 0.0568. The van der Waals surface area contributed by atoms with Gasteiger partial charge in [0.2, 0.25) is 0 Å². The molecule has 0 bridgehead atoms. The van der Waals surface area contributed by atoms with Gasteiger partial charge in [0.25, 0.3) is 5.91 Å². The zero-order valence-electron chi connectivity index (χ0n) is 9.47. The number of anilines is 1. The highest BCUT2D eigenvalue weighted by Crippen LogP contribution is 2.04. The van der Waals surface area contributed by atoms with Crippen LogP contribution in [0, 0.1) is 0 Å². The topological polar surface area (TPSA) is 78.3 Å². The van der Waals surface area contributed by atoms with Crippen LogP contribution in [0.15, 0.2) is 12.4 Å². The van der Waals surface area contributed by atoms with E-state index in [4.69, 9.17) is 5.11 Å². The van der Waals surface area contributed by atoms with Crippen LogP contribution >= 0.6 is 0 Å². The van der Waals surface area contributed by atoms with Crippen LogP contribution in [0.1, 0.15) is 17.4 Å². The molecule has 6 heteroatoms. The number of carbonyl (C=O) groups excluding carboxylic acids is 1. The standard InChI is InChI=1S/C10H16N4O2/c1-3-14(4-5-15)10(16)8-6-12-7-9(11-2)13-8/h6-7,15H,3-5H2,1-2H3,(H,11,13). The van der Waals surface area contributed by atoms with Crippen LogP contribution in [0.4, 0.5) is 5.82 Å². The van der Waals surface area contributed by atoms with Crippen molar-refractivity contribution in [3.63, 3.8) is 0 Å². The van der Waals surface area contributed by atoms with E-state index in [2.05, 4.69) is 15.3 Å². The molecule has 0 atom stereocenters. The molecule has 6 nitrogen and oxygen atoms in total. The van der Waals surface area contributed by atoms with Gasteiger partial charge in [-0.3, -0.25) is 9.78 Å². The lowest BCUT2D eigenvalue weighted by atomic mass is 10.3. The van der Waals surface area contributed by atoms with Gasteiger partial charge in [0, 0.05) is 20.1 Å². The van der Waals surface area contributed by atoms with Gasteiger partial charge in [-0.15, -0.1) is 0 Å². The van der Waals surface area contributed by atoms with E-state index in [9.17, 15) is 4.79 Å². The molecule has 0 aliphatic rings. The maximum atomic E-state index is 11.9. The molecule has 0 spiro atoms. The van der Waals surface area contributed by atoms with Gasteiger partial charge in [-0.05, 0) is 6.92 Å². The summed E-state index contributed by atoms with van der Waals surface area (Å²) in [7, 11) is 1.71. The molecule has 0 aromatic carbocycles. The summed E-state index contributed by atoms with van der Waals surface area (Å²) < 4.78 is 0. The summed E-state index contributed by atoms with van der Waals surface area (Å²) in [5.41, 5.74) is 0.280. The number of aliphatic hydroxyl groups is 1. The third-order valence-corrected chi connectivity index (χ3v) is 2.15. The summed E-state index contributed by atoms with van der Waals surface area (Å²) in [5.74, 6) is 0.326. The molecule has 0 aliphatic heterocycles. The van der Waals surface area contributed by atoms with Crippen molar-refractivity contribution in [1.29, 1.82) is 0 Å². The number of nitrogens with one attached hydrogen (secondary N) is 1. The molecule has 1 amide bonds. The summed E-state index contributed by atoms with van der Waals surface area (Å²) in [6.45, 7) is 2.63. The van der Waals surface area contributed by atoms with Gasteiger partial charge < -0.3 is 15.3 Å². The Kier molecular flexibility index (Phi) is 4.65. The fourth-order valence-electron chi connectivity index (χ4n) is 1.28. The number of rotatable bonds is 5. The minimum Gasteiger partial charge on any atom is -0.395 e. The Morgan fingerprint density at radius 1 is 1.56 bits per heavy atom. The Hall–Kier alpha value is -1.69. The zero-order valence-corrected chi connectivity index (χ0v) is 9.47. The minimum atomic E-state index is -0.221. The summed E-state index contributed by atoms with van der Waals surface area (Å²) in [6.07, 6.45) is 2.96. The third kappa shape index (κ3) is 2.90. The van der Waals surface area contributed by atoms with Crippen molar-refractivity contribution in [2.45, 2.75) is 6.92 Å². The van der Waals surface area contributed by atoms with Crippen molar-refractivity contribution in [1.82, 2.24) is 14.9 Å². The van der Waals surface area contributed by atoms with Crippen molar-refractivity contribution in [3.05, 3.63) is 18.1 Å². The van der Waals surface area contributed by atoms with E-state index in [1.807, 2.05) is 6.92 Å². The number of amides is 1. The number of nitrogens with zero attached hydrogens (tertiary/aromatic N) is 3. The highest BCUT2D eigenvalue weighted by molar-refractivity contribution is 5.92. The first-order valence-corrected chi connectivity index (χ1v) is 5.12. The molecule has 1 rings (SSSR count). The van der Waals surface area contributed by atoms with Gasteiger partial charge >= 0.3 is 0 Å². The second kappa shape index (κ2) is 6.02. The Balaban J connectivity index is 2.85. The van der Waals surface area contributed by atoms with Crippen LogP contribution in [0.5, 0.6) is 0 Å². The van der Waals surface area contributed by atoms with Crippen molar-refractivity contribution < 1.29 is 9.90 Å². The van der Waals surface area contributed by atoms with Gasteiger partial charge in [0.05, 0.1) is 19.0 Å². The first kappa shape index (κ1) is 12.4. The molecule has 88 valence electrons. The summed E-state index contributed by atoms with van der Waals surface area (Å²) in [5, 5.41) is 11.6. The van der Waals surface area contributed by atoms with E-state index < -0.39 is 0 Å². The van der Waals surface area contributed by atoms with E-state index >= 15 is 0 Å². The van der Waals surface area contributed by atoms with Crippen LogP contribution in [0.25, 0.3) is 0 Å². The lowest BCUT2D eigenvalue weighted by Crippen LogP contribution is -2.34. The number of hydrogen-bond donors (Lipinski definition) is 2. The van der Waals surface area contributed by atoms with E-state index in [0.29, 0.717) is 18.9 Å². The molecular weight excluding hydrogens is 208 g/mol. The largest absolute Gasteiger partial charge is 0.395 e. The lowest BCUT2D eigenvalue weighted by Gasteiger charge is -2.18. The average Bonchev–Trinajstić information content (AvgIpc) is 2.35. The molecule has 0 saturated carbocycles. The first-order chi connectivity index (χ1) is 7.72. The number of aliphatic hydroxyl groups excluding tert-OH is 1. The maximum Gasteiger partial charge on any atom is 0.274 e. The van der Waals surface area contributed by atoms with Crippen LogP contribution in [-0.4, -0.2) is 52.6 Å². The third-order valence-electron chi connectivity index (χ3n) is 2.15. The van der Waals surface area contributed by atoms with Gasteiger partial charge in [0.15, 0.2) is 0 Å². The predicted molar refractivity (Wildman–Crippen MR) is 60.2 cm³/mol. The first-order valence-electron chi connectivity index (χ1n) is 5.12. The molecule has 1 heterocycles. The second-order valence-corrected chi connectivity index (χ2v) is 3.15. The van der Waals surface area contributed by atoms with Crippen molar-refractivity contribution >= 4 is 11.7 Å². The van der Waals surface area contributed by atoms with Crippen LogP contribution in [0.2, 0.25) is 0 Å². The van der Waals surface area contributed by atoms with Gasteiger partial charge in [-0.2, -0.15) is 0 Å². The summed E-state index contributed by atoms with van der Waals surface area (Å²) >= 11 is 0. The number of likely N-dealkylation sites (N-methyl/N-ethyl adjacent to an activating group) is 1. The summed E-state index contributed by atoms with van der Waals surface area (Å²) in [4.78, 5) is 21.5. The van der Waals surface area contributed by atoms with Crippen molar-refractivity contribution in [3.8, 4) is 0 Å². The van der Waals surface area contributed by atoms with Crippen LogP contribution in [0.3, 0.4) is 0 Å². The smallest absolute Gasteiger partial charge is 0.274 e. The number of hydrogen-bond acceptors (Lipinski definition) is 5. The zero-order chi connectivity index (χ0) is 12.0. The molecule has 0 radical (unpaired) electrons. The highest BCUT2D eigenvalue weighted by Gasteiger charge is 2.15. The number of aromatic nitrogens is 2. The number of carbonyl (C=O) groups is 1. The van der Waals surface area contributed by atoms with Gasteiger partial charge in [-0.1, -0.05) is 0 Å². The molecule has 1 aromatic heterocycles. The second-order valence-electron chi connectivity index (χ2n) is 3.15. The Bertz CT molecular complexity index is 356. The van der Waals surface area contributed by atoms with Gasteiger partial charge in [-0.25, -0.2) is 4.98 Å². The summed E-state index contributed by atoms with van der Waals surface area (Å²) in [6, 6.07) is 0. The van der Waals surface area contributed by atoms with E-state index in [1.165, 1.54) is 11.1 Å². The molecular formula is C10H16N4O2. The monoisotopic (exact) mass is 224 g/mol. The van der Waals surface area contributed by atoms with Gasteiger partial charge in [0.1, 0.15) is 11.5 Å². The molecule has 1 aromatic rings. The molecule has 0 fully saturated rings. The fourth-order valence-corrected chi connectivity index (χ4v) is 1.28. The SMILES string of the molecule is CCN(CCO)C(=O)c1cncc(NC)n1. The van der Waals surface area contributed by atoms with E-state index in [-0.39, 0.29) is 18.2 Å². The molecule has 0 aliphatic carbocycles. The lowest BCUT2D eigenvalue weighted by molar-refractivity contribution is 0.0726. The molecule has 0 unspecified atom stereocenters. The van der Waals surface area contributed by atoms with E-state index in [0.717, 1.165) is 0 Å². The maximum absolute atomic E-state index is 11.9.